The molecule has 0 radical (unpaired) electrons. The van der Waals surface area contributed by atoms with Gasteiger partial charge in [-0.3, -0.25) is 25.3 Å². The molecule has 96 valence electrons. The lowest BCUT2D eigenvalue weighted by molar-refractivity contribution is -0.134. The highest BCUT2D eigenvalue weighted by Gasteiger charge is 2.24. The maximum Gasteiger partial charge on any atom is 0.246 e. The van der Waals surface area contributed by atoms with Gasteiger partial charge in [-0.1, -0.05) is 0 Å². The summed E-state index contributed by atoms with van der Waals surface area (Å²) in [6.07, 6.45) is 0.746. The number of nitrogens with one attached hydrogen (secondary N) is 2. The van der Waals surface area contributed by atoms with E-state index in [0.717, 1.165) is 6.42 Å². The lowest BCUT2D eigenvalue weighted by atomic mass is 10.3. The second kappa shape index (κ2) is 6.81. The van der Waals surface area contributed by atoms with Crippen molar-refractivity contribution in [3.63, 3.8) is 0 Å². The molecule has 0 saturated carbocycles. The Kier molecular flexibility index (Phi) is 5.37. The van der Waals surface area contributed by atoms with Gasteiger partial charge in [-0.25, -0.2) is 5.84 Å². The third kappa shape index (κ3) is 4.37. The molecule has 0 atom stereocenters. The van der Waals surface area contributed by atoms with Gasteiger partial charge in [-0.15, -0.1) is 0 Å². The zero-order valence-electron chi connectivity index (χ0n) is 9.73. The summed E-state index contributed by atoms with van der Waals surface area (Å²) >= 11 is 0. The van der Waals surface area contributed by atoms with Crippen molar-refractivity contribution in [2.75, 3.05) is 33.4 Å². The highest BCUT2D eigenvalue weighted by Crippen LogP contribution is 1.96. The minimum atomic E-state index is -0.360. The molecule has 0 aromatic heterocycles. The summed E-state index contributed by atoms with van der Waals surface area (Å²) in [6.45, 7) is 1.25. The molecular formula is C9H17N5O3. The topological polar surface area (TPSA) is 109 Å². The Balaban J connectivity index is 2.53. The molecule has 8 nitrogen and oxygen atoms in total. The van der Waals surface area contributed by atoms with E-state index in [-0.39, 0.29) is 24.9 Å². The van der Waals surface area contributed by atoms with Gasteiger partial charge < -0.3 is 9.64 Å². The molecule has 0 aliphatic carbocycles. The van der Waals surface area contributed by atoms with E-state index in [9.17, 15) is 9.59 Å². The Bertz CT molecular complexity index is 302. The molecule has 1 rings (SSSR count). The monoisotopic (exact) mass is 243 g/mol. The smallest absolute Gasteiger partial charge is 0.246 e. The third-order valence-electron chi connectivity index (χ3n) is 2.14. The second-order valence-electron chi connectivity index (χ2n) is 3.52. The highest BCUT2D eigenvalue weighted by molar-refractivity contribution is 6.02. The standard InChI is InChI=1S/C9H17N5O3/c1-17-4-2-3-11-9(13-10)14-5-7(15)12-8(16)6-14/h2-6,10H2,1H3,(H,11,13)(H,12,15,16). The van der Waals surface area contributed by atoms with Crippen molar-refractivity contribution in [3.8, 4) is 0 Å². The van der Waals surface area contributed by atoms with Gasteiger partial charge in [0, 0.05) is 20.3 Å². The number of aliphatic imine (C=N–C) groups is 1. The first-order chi connectivity index (χ1) is 8.17. The molecule has 0 spiro atoms. The number of rotatable bonds is 4. The summed E-state index contributed by atoms with van der Waals surface area (Å²) in [5.41, 5.74) is 2.39. The lowest BCUT2D eigenvalue weighted by Crippen LogP contribution is -2.57. The van der Waals surface area contributed by atoms with Crippen molar-refractivity contribution in [1.82, 2.24) is 15.6 Å². The number of imide groups is 1. The molecular weight excluding hydrogens is 226 g/mol. The normalized spacial score (nSPS) is 17.1. The fourth-order valence-corrected chi connectivity index (χ4v) is 1.42. The molecule has 0 bridgehead atoms. The van der Waals surface area contributed by atoms with Crippen molar-refractivity contribution in [1.29, 1.82) is 0 Å². The predicted molar refractivity (Wildman–Crippen MR) is 60.8 cm³/mol. The van der Waals surface area contributed by atoms with Crippen LogP contribution in [0.4, 0.5) is 0 Å². The average Bonchev–Trinajstić information content (AvgIpc) is 2.28. The number of guanidine groups is 1. The van der Waals surface area contributed by atoms with E-state index in [1.54, 1.807) is 7.11 Å². The molecule has 4 N–H and O–H groups in total. The maximum absolute atomic E-state index is 11.2. The Hall–Kier alpha value is -1.67. The SMILES string of the molecule is COCCCN=C(NN)N1CC(=O)NC(=O)C1. The van der Waals surface area contributed by atoms with Crippen LogP contribution in [0.15, 0.2) is 4.99 Å². The zero-order valence-corrected chi connectivity index (χ0v) is 9.73. The van der Waals surface area contributed by atoms with E-state index in [4.69, 9.17) is 10.6 Å². The summed E-state index contributed by atoms with van der Waals surface area (Å²) in [6, 6.07) is 0. The Labute approximate surface area is 99.2 Å². The number of amides is 2. The molecule has 2 amide bonds. The molecule has 1 fully saturated rings. The van der Waals surface area contributed by atoms with E-state index in [1.807, 2.05) is 0 Å². The van der Waals surface area contributed by atoms with Crippen molar-refractivity contribution in [3.05, 3.63) is 0 Å². The molecule has 17 heavy (non-hydrogen) atoms. The fourth-order valence-electron chi connectivity index (χ4n) is 1.42. The van der Waals surface area contributed by atoms with Gasteiger partial charge in [0.25, 0.3) is 0 Å². The van der Waals surface area contributed by atoms with Crippen LogP contribution in [0.2, 0.25) is 0 Å². The number of hydrogen-bond acceptors (Lipinski definition) is 5. The first kappa shape index (κ1) is 13.4. The van der Waals surface area contributed by atoms with Gasteiger partial charge in [0.05, 0.1) is 0 Å². The van der Waals surface area contributed by atoms with Crippen LogP contribution in [-0.2, 0) is 14.3 Å². The van der Waals surface area contributed by atoms with Crippen LogP contribution >= 0.6 is 0 Å². The number of ether oxygens (including phenoxy) is 1. The van der Waals surface area contributed by atoms with E-state index >= 15 is 0 Å². The summed E-state index contributed by atoms with van der Waals surface area (Å²) in [4.78, 5) is 28.0. The van der Waals surface area contributed by atoms with Crippen LogP contribution in [0.3, 0.4) is 0 Å². The molecule has 8 heteroatoms. The number of carbonyl (C=O) groups excluding carboxylic acids is 2. The van der Waals surface area contributed by atoms with E-state index in [1.165, 1.54) is 4.90 Å². The molecule has 1 aliphatic rings. The summed E-state index contributed by atoms with van der Waals surface area (Å²) in [5, 5.41) is 2.20. The Morgan fingerprint density at radius 1 is 1.53 bits per heavy atom. The highest BCUT2D eigenvalue weighted by atomic mass is 16.5. The summed E-state index contributed by atoms with van der Waals surface area (Å²) in [5.74, 6) is 4.93. The number of methoxy groups -OCH3 is 1. The van der Waals surface area contributed by atoms with Gasteiger partial charge in [0.2, 0.25) is 17.8 Å². The molecule has 0 aromatic carbocycles. The zero-order chi connectivity index (χ0) is 12.7. The van der Waals surface area contributed by atoms with Gasteiger partial charge in [-0.2, -0.15) is 0 Å². The van der Waals surface area contributed by atoms with Gasteiger partial charge in [0.15, 0.2) is 0 Å². The van der Waals surface area contributed by atoms with Gasteiger partial charge in [0.1, 0.15) is 13.1 Å². The number of hydrazine groups is 1. The second-order valence-corrected chi connectivity index (χ2v) is 3.52. The molecule has 1 heterocycles. The number of carbonyl (C=O) groups is 2. The minimum absolute atomic E-state index is 0.0685. The number of nitrogens with two attached hydrogens (primary N) is 1. The predicted octanol–water partition coefficient (Wildman–Crippen LogP) is -2.20. The number of nitrogens with zero attached hydrogens (tertiary/aromatic N) is 2. The lowest BCUT2D eigenvalue weighted by Gasteiger charge is -2.27. The van der Waals surface area contributed by atoms with Crippen molar-refractivity contribution >= 4 is 17.8 Å². The molecule has 1 saturated heterocycles. The Morgan fingerprint density at radius 3 is 2.71 bits per heavy atom. The Morgan fingerprint density at radius 2 is 2.18 bits per heavy atom. The molecule has 1 aliphatic heterocycles. The summed E-state index contributed by atoms with van der Waals surface area (Å²) in [7, 11) is 1.61. The quantitative estimate of drug-likeness (QED) is 0.129. The largest absolute Gasteiger partial charge is 0.385 e. The molecule has 0 unspecified atom stereocenters. The van der Waals surface area contributed by atoms with Crippen molar-refractivity contribution in [2.45, 2.75) is 6.42 Å². The van der Waals surface area contributed by atoms with E-state index < -0.39 is 0 Å². The molecule has 0 aromatic rings. The van der Waals surface area contributed by atoms with Gasteiger partial charge in [-0.05, 0) is 6.42 Å². The van der Waals surface area contributed by atoms with Crippen molar-refractivity contribution in [2.24, 2.45) is 10.8 Å². The third-order valence-corrected chi connectivity index (χ3v) is 2.14. The minimum Gasteiger partial charge on any atom is -0.385 e. The van der Waals surface area contributed by atoms with E-state index in [2.05, 4.69) is 15.7 Å². The van der Waals surface area contributed by atoms with Crippen LogP contribution in [0.25, 0.3) is 0 Å². The van der Waals surface area contributed by atoms with E-state index in [0.29, 0.717) is 19.1 Å². The van der Waals surface area contributed by atoms with Crippen molar-refractivity contribution < 1.29 is 14.3 Å². The first-order valence-corrected chi connectivity index (χ1v) is 5.25. The van der Waals surface area contributed by atoms with Gasteiger partial charge >= 0.3 is 0 Å². The van der Waals surface area contributed by atoms with Crippen LogP contribution in [0.5, 0.6) is 0 Å². The summed E-state index contributed by atoms with van der Waals surface area (Å²) < 4.78 is 4.88. The fraction of sp³-hybridized carbons (Fsp3) is 0.667. The average molecular weight is 243 g/mol. The van der Waals surface area contributed by atoms with Crippen LogP contribution in [0.1, 0.15) is 6.42 Å². The van der Waals surface area contributed by atoms with Crippen LogP contribution < -0.4 is 16.6 Å². The number of hydrogen-bond donors (Lipinski definition) is 3. The number of piperazine rings is 1. The maximum atomic E-state index is 11.2. The van der Waals surface area contributed by atoms with Crippen LogP contribution in [0, 0.1) is 0 Å². The first-order valence-electron chi connectivity index (χ1n) is 5.25. The van der Waals surface area contributed by atoms with Crippen LogP contribution in [-0.4, -0.2) is 56.0 Å².